The Morgan fingerprint density at radius 1 is 1.33 bits per heavy atom. The quantitative estimate of drug-likeness (QED) is 0.868. The monoisotopic (exact) mass is 329 g/mol. The average Bonchev–Trinajstić information content (AvgIpc) is 2.92. The highest BCUT2D eigenvalue weighted by Crippen LogP contribution is 2.39. The van der Waals surface area contributed by atoms with Crippen LogP contribution in [0.1, 0.15) is 55.3 Å². The van der Waals surface area contributed by atoms with Crippen LogP contribution in [0.5, 0.6) is 0 Å². The summed E-state index contributed by atoms with van der Waals surface area (Å²) in [7, 11) is -2.91. The van der Waals surface area contributed by atoms with Crippen molar-refractivity contribution in [3.63, 3.8) is 0 Å². The highest BCUT2D eigenvalue weighted by atomic mass is 32.2. The van der Waals surface area contributed by atoms with Gasteiger partial charge in [0.2, 0.25) is 0 Å². The fraction of sp³-hybridized carbons (Fsp3) is 0.750. The molecule has 1 aliphatic carbocycles. The van der Waals surface area contributed by atoms with E-state index in [1.54, 1.807) is 0 Å². The fourth-order valence-electron chi connectivity index (χ4n) is 3.34. The van der Waals surface area contributed by atoms with Crippen molar-refractivity contribution in [3.05, 3.63) is 21.9 Å². The van der Waals surface area contributed by atoms with Crippen molar-refractivity contribution in [2.75, 3.05) is 12.8 Å². The van der Waals surface area contributed by atoms with Crippen LogP contribution in [0, 0.1) is 5.92 Å². The van der Waals surface area contributed by atoms with Crippen molar-refractivity contribution >= 4 is 21.2 Å². The van der Waals surface area contributed by atoms with Gasteiger partial charge in [-0.3, -0.25) is 0 Å². The van der Waals surface area contributed by atoms with Gasteiger partial charge in [-0.25, -0.2) is 8.42 Å². The van der Waals surface area contributed by atoms with Gasteiger partial charge >= 0.3 is 0 Å². The first-order valence-corrected chi connectivity index (χ1v) is 10.7. The molecule has 2 rings (SSSR count). The van der Waals surface area contributed by atoms with Crippen molar-refractivity contribution < 1.29 is 8.42 Å². The van der Waals surface area contributed by atoms with Gasteiger partial charge in [-0.2, -0.15) is 0 Å². The number of hydrogen-bond acceptors (Lipinski definition) is 4. The molecule has 1 heterocycles. The average molecular weight is 330 g/mol. The number of sulfone groups is 1. The molecule has 0 spiro atoms. The molecule has 21 heavy (non-hydrogen) atoms. The summed E-state index contributed by atoms with van der Waals surface area (Å²) in [5.74, 6) is 0.432. The first-order valence-electron chi connectivity index (χ1n) is 7.96. The first-order chi connectivity index (χ1) is 9.95. The lowest BCUT2D eigenvalue weighted by Gasteiger charge is -2.34. The van der Waals surface area contributed by atoms with Gasteiger partial charge in [0.1, 0.15) is 9.84 Å². The predicted molar refractivity (Wildman–Crippen MR) is 90.7 cm³/mol. The third-order valence-corrected chi connectivity index (χ3v) is 7.46. The van der Waals surface area contributed by atoms with Gasteiger partial charge in [-0.05, 0) is 50.3 Å². The van der Waals surface area contributed by atoms with Crippen LogP contribution in [0.4, 0.5) is 0 Å². The summed E-state index contributed by atoms with van der Waals surface area (Å²) in [6.07, 6.45) is 6.25. The molecule has 0 aliphatic heterocycles. The minimum atomic E-state index is -2.91. The maximum absolute atomic E-state index is 11.9. The zero-order chi connectivity index (χ0) is 15.5. The Bertz CT molecular complexity index is 550. The first kappa shape index (κ1) is 17.0. The van der Waals surface area contributed by atoms with Gasteiger partial charge in [0.25, 0.3) is 0 Å². The second kappa shape index (κ2) is 7.25. The Hall–Kier alpha value is -0.390. The van der Waals surface area contributed by atoms with Gasteiger partial charge in [0, 0.05) is 22.1 Å². The summed E-state index contributed by atoms with van der Waals surface area (Å²) in [5.41, 5.74) is 0. The summed E-state index contributed by atoms with van der Waals surface area (Å²) >= 11 is 1.87. The Morgan fingerprint density at radius 3 is 2.67 bits per heavy atom. The highest BCUT2D eigenvalue weighted by molar-refractivity contribution is 7.91. The topological polar surface area (TPSA) is 46.2 Å². The second-order valence-corrected chi connectivity index (χ2v) is 9.60. The molecule has 5 heteroatoms. The summed E-state index contributed by atoms with van der Waals surface area (Å²) in [5, 5.41) is 3.44. The summed E-state index contributed by atoms with van der Waals surface area (Å²) in [4.78, 5) is 2.77. The Labute approximate surface area is 133 Å². The van der Waals surface area contributed by atoms with E-state index in [2.05, 4.69) is 31.3 Å². The molecule has 120 valence electrons. The van der Waals surface area contributed by atoms with Crippen molar-refractivity contribution in [2.45, 2.75) is 57.2 Å². The molecule has 1 aliphatic rings. The summed E-state index contributed by atoms with van der Waals surface area (Å²) in [6, 6.07) is 4.74. The normalized spacial score (nSPS) is 24.9. The molecule has 0 saturated heterocycles. The molecule has 0 radical (unpaired) electrons. The van der Waals surface area contributed by atoms with Crippen molar-refractivity contribution in [1.82, 2.24) is 5.32 Å². The molecule has 1 saturated carbocycles. The van der Waals surface area contributed by atoms with Crippen LogP contribution in [0.15, 0.2) is 12.1 Å². The van der Waals surface area contributed by atoms with E-state index in [1.165, 1.54) is 16.0 Å². The maximum Gasteiger partial charge on any atom is 0.150 e. The summed E-state index contributed by atoms with van der Waals surface area (Å²) in [6.45, 7) is 5.22. The molecule has 1 aromatic rings. The van der Waals surface area contributed by atoms with Gasteiger partial charge in [0.05, 0.1) is 5.25 Å². The molecule has 0 bridgehead atoms. The van der Waals surface area contributed by atoms with E-state index in [0.717, 1.165) is 38.6 Å². The lowest BCUT2D eigenvalue weighted by Crippen LogP contribution is -2.35. The van der Waals surface area contributed by atoms with Crippen molar-refractivity contribution in [1.29, 1.82) is 0 Å². The van der Waals surface area contributed by atoms with E-state index in [1.807, 2.05) is 11.3 Å². The van der Waals surface area contributed by atoms with Crippen LogP contribution >= 0.6 is 11.3 Å². The predicted octanol–water partition coefficient (Wildman–Crippen LogP) is 3.56. The molecular formula is C16H27NO2S2. The highest BCUT2D eigenvalue weighted by Gasteiger charge is 2.33. The van der Waals surface area contributed by atoms with Crippen LogP contribution in [0.25, 0.3) is 0 Å². The molecule has 3 atom stereocenters. The van der Waals surface area contributed by atoms with Gasteiger partial charge in [-0.15, -0.1) is 11.3 Å². The van der Waals surface area contributed by atoms with Crippen LogP contribution < -0.4 is 5.32 Å². The zero-order valence-electron chi connectivity index (χ0n) is 13.3. The number of rotatable bonds is 6. The standard InChI is InChI=1S/C16H27NO2S2/c1-4-13-9-10-15(20-13)16(17-5-2)12-7-6-8-14(11-12)21(3,18)19/h9-10,12,14,16-17H,4-8,11H2,1-3H3. The smallest absolute Gasteiger partial charge is 0.150 e. The minimum absolute atomic E-state index is 0.150. The van der Waals surface area contributed by atoms with Crippen molar-refractivity contribution in [3.8, 4) is 0 Å². The molecular weight excluding hydrogens is 302 g/mol. The third kappa shape index (κ3) is 4.30. The molecule has 3 nitrogen and oxygen atoms in total. The molecule has 0 amide bonds. The van der Waals surface area contributed by atoms with Gasteiger partial charge in [0.15, 0.2) is 0 Å². The van der Waals surface area contributed by atoms with E-state index in [9.17, 15) is 8.42 Å². The van der Waals surface area contributed by atoms with Crippen LogP contribution in [-0.2, 0) is 16.3 Å². The lowest BCUT2D eigenvalue weighted by atomic mass is 9.83. The van der Waals surface area contributed by atoms with Crippen LogP contribution in [0.3, 0.4) is 0 Å². The van der Waals surface area contributed by atoms with Gasteiger partial charge < -0.3 is 5.32 Å². The van der Waals surface area contributed by atoms with Crippen molar-refractivity contribution in [2.24, 2.45) is 5.92 Å². The minimum Gasteiger partial charge on any atom is -0.309 e. The Kier molecular flexibility index (Phi) is 5.86. The molecule has 1 fully saturated rings. The second-order valence-electron chi connectivity index (χ2n) is 6.07. The van der Waals surface area contributed by atoms with E-state index in [4.69, 9.17) is 0 Å². The number of hydrogen-bond donors (Lipinski definition) is 1. The number of aryl methyl sites for hydroxylation is 1. The Balaban J connectivity index is 2.17. The van der Waals surface area contributed by atoms with Crippen LogP contribution in [-0.4, -0.2) is 26.5 Å². The molecule has 0 aromatic carbocycles. The van der Waals surface area contributed by atoms with E-state index >= 15 is 0 Å². The summed E-state index contributed by atoms with van der Waals surface area (Å²) < 4.78 is 23.8. The number of nitrogens with one attached hydrogen (secondary N) is 1. The number of thiophene rings is 1. The molecule has 3 unspecified atom stereocenters. The van der Waals surface area contributed by atoms with E-state index in [-0.39, 0.29) is 5.25 Å². The maximum atomic E-state index is 11.9. The van der Waals surface area contributed by atoms with E-state index < -0.39 is 9.84 Å². The molecule has 1 aromatic heterocycles. The van der Waals surface area contributed by atoms with Gasteiger partial charge in [-0.1, -0.05) is 20.3 Å². The zero-order valence-corrected chi connectivity index (χ0v) is 14.9. The third-order valence-electron chi connectivity index (χ3n) is 4.51. The molecule has 1 N–H and O–H groups in total. The lowest BCUT2D eigenvalue weighted by molar-refractivity contribution is 0.278. The van der Waals surface area contributed by atoms with E-state index in [0.29, 0.717) is 12.0 Å². The SMILES string of the molecule is CCNC(c1ccc(CC)s1)C1CCCC(S(C)(=O)=O)C1. The fourth-order valence-corrected chi connectivity index (χ4v) is 5.66. The van der Waals surface area contributed by atoms with Crippen LogP contribution in [0.2, 0.25) is 0 Å². The Morgan fingerprint density at radius 2 is 2.10 bits per heavy atom. The largest absolute Gasteiger partial charge is 0.309 e.